The summed E-state index contributed by atoms with van der Waals surface area (Å²) in [7, 11) is 0. The average Bonchev–Trinajstić information content (AvgIpc) is 2.79. The molecule has 0 saturated heterocycles. The third-order valence-corrected chi connectivity index (χ3v) is 4.15. The largest absolute Gasteiger partial charge is 0.494 e. The Balaban J connectivity index is 1.49. The highest BCUT2D eigenvalue weighted by Gasteiger charge is 2.10. The van der Waals surface area contributed by atoms with Crippen LogP contribution in [0.4, 0.5) is 16.2 Å². The molecule has 0 spiro atoms. The highest BCUT2D eigenvalue weighted by Crippen LogP contribution is 2.13. The number of urea groups is 1. The van der Waals surface area contributed by atoms with Crippen LogP contribution in [0.3, 0.4) is 0 Å². The minimum absolute atomic E-state index is 0.320. The lowest BCUT2D eigenvalue weighted by Gasteiger charge is -2.10. The summed E-state index contributed by atoms with van der Waals surface area (Å²) in [4.78, 5) is 36.4. The number of carbonyl (C=O) groups is 3. The summed E-state index contributed by atoms with van der Waals surface area (Å²) in [6.45, 7) is 2.41. The van der Waals surface area contributed by atoms with Crippen LogP contribution >= 0.6 is 0 Å². The van der Waals surface area contributed by atoms with Gasteiger partial charge in [-0.2, -0.15) is 0 Å². The summed E-state index contributed by atoms with van der Waals surface area (Å²) in [6, 6.07) is 21.5. The van der Waals surface area contributed by atoms with Crippen molar-refractivity contribution in [2.75, 3.05) is 17.2 Å². The monoisotopic (exact) mass is 418 g/mol. The molecule has 4 N–H and O–H groups in total. The molecule has 0 unspecified atom stereocenters. The number of anilines is 2. The van der Waals surface area contributed by atoms with E-state index in [4.69, 9.17) is 4.74 Å². The molecule has 31 heavy (non-hydrogen) atoms. The lowest BCUT2D eigenvalue weighted by Crippen LogP contribution is -2.41. The van der Waals surface area contributed by atoms with E-state index in [1.54, 1.807) is 48.5 Å². The molecule has 0 bridgehead atoms. The van der Waals surface area contributed by atoms with Crippen LogP contribution in [0.25, 0.3) is 0 Å². The van der Waals surface area contributed by atoms with Crippen LogP contribution < -0.4 is 26.2 Å². The van der Waals surface area contributed by atoms with E-state index in [1.807, 2.05) is 25.1 Å². The fourth-order valence-corrected chi connectivity index (χ4v) is 2.65. The average molecular weight is 418 g/mol. The molecule has 0 aliphatic rings. The first-order valence-electron chi connectivity index (χ1n) is 9.62. The summed E-state index contributed by atoms with van der Waals surface area (Å²) in [6.07, 6.45) is 0. The maximum Gasteiger partial charge on any atom is 0.323 e. The lowest BCUT2D eigenvalue weighted by molar-refractivity contribution is 0.0846. The molecule has 0 saturated carbocycles. The van der Waals surface area contributed by atoms with Gasteiger partial charge in [-0.15, -0.1) is 0 Å². The van der Waals surface area contributed by atoms with E-state index in [0.29, 0.717) is 34.9 Å². The second-order valence-corrected chi connectivity index (χ2v) is 6.39. The molecule has 3 aromatic carbocycles. The maximum absolute atomic E-state index is 12.2. The Bertz CT molecular complexity index is 1040. The Morgan fingerprint density at radius 3 is 1.68 bits per heavy atom. The molecule has 8 nitrogen and oxygen atoms in total. The molecule has 4 amide bonds. The van der Waals surface area contributed by atoms with E-state index in [1.165, 1.54) is 12.1 Å². The topological polar surface area (TPSA) is 109 Å². The van der Waals surface area contributed by atoms with Crippen LogP contribution in [0.1, 0.15) is 27.6 Å². The molecule has 0 fully saturated rings. The number of rotatable bonds is 6. The molecule has 0 aliphatic heterocycles. The van der Waals surface area contributed by atoms with Crippen LogP contribution in [-0.2, 0) is 0 Å². The van der Waals surface area contributed by atoms with Gasteiger partial charge in [-0.25, -0.2) is 4.79 Å². The van der Waals surface area contributed by atoms with Gasteiger partial charge in [0.1, 0.15) is 5.75 Å². The van der Waals surface area contributed by atoms with Gasteiger partial charge in [-0.3, -0.25) is 20.4 Å². The molecule has 0 atom stereocenters. The Kier molecular flexibility index (Phi) is 7.21. The SMILES string of the molecule is CCOc1ccc(C(=O)NNC(=O)c2ccc(NC(=O)Nc3ccccc3)cc2)cc1. The second kappa shape index (κ2) is 10.4. The molecule has 0 heterocycles. The quantitative estimate of drug-likeness (QED) is 0.457. The van der Waals surface area contributed by atoms with E-state index >= 15 is 0 Å². The molecule has 8 heteroatoms. The highest BCUT2D eigenvalue weighted by molar-refractivity contribution is 6.01. The molecular weight excluding hydrogens is 396 g/mol. The van der Waals surface area contributed by atoms with Crippen molar-refractivity contribution >= 4 is 29.2 Å². The van der Waals surface area contributed by atoms with Gasteiger partial charge in [-0.1, -0.05) is 18.2 Å². The van der Waals surface area contributed by atoms with Crippen LogP contribution in [0.5, 0.6) is 5.75 Å². The Morgan fingerprint density at radius 2 is 1.16 bits per heavy atom. The first-order valence-corrected chi connectivity index (χ1v) is 9.62. The van der Waals surface area contributed by atoms with Crippen LogP contribution in [0.15, 0.2) is 78.9 Å². The number of nitrogens with one attached hydrogen (secondary N) is 4. The lowest BCUT2D eigenvalue weighted by atomic mass is 10.2. The van der Waals surface area contributed by atoms with Gasteiger partial charge in [0, 0.05) is 22.5 Å². The number of ether oxygens (including phenoxy) is 1. The molecular formula is C23H22N4O4. The van der Waals surface area contributed by atoms with Crippen molar-refractivity contribution in [1.82, 2.24) is 10.9 Å². The highest BCUT2D eigenvalue weighted by atomic mass is 16.5. The smallest absolute Gasteiger partial charge is 0.323 e. The summed E-state index contributed by atoms with van der Waals surface area (Å²) in [5, 5.41) is 5.38. The normalized spacial score (nSPS) is 9.97. The number of benzene rings is 3. The molecule has 158 valence electrons. The van der Waals surface area contributed by atoms with Crippen molar-refractivity contribution in [3.05, 3.63) is 90.0 Å². The Morgan fingerprint density at radius 1 is 0.677 bits per heavy atom. The van der Waals surface area contributed by atoms with Crippen LogP contribution in [0, 0.1) is 0 Å². The van der Waals surface area contributed by atoms with Crippen molar-refractivity contribution in [3.63, 3.8) is 0 Å². The Labute approximate surface area is 179 Å². The molecule has 0 aliphatic carbocycles. The van der Waals surface area contributed by atoms with Crippen molar-refractivity contribution < 1.29 is 19.1 Å². The van der Waals surface area contributed by atoms with Crippen LogP contribution in [-0.4, -0.2) is 24.5 Å². The van der Waals surface area contributed by atoms with Gasteiger partial charge >= 0.3 is 6.03 Å². The summed E-state index contributed by atoms with van der Waals surface area (Å²) < 4.78 is 5.33. The third-order valence-electron chi connectivity index (χ3n) is 4.15. The van der Waals surface area contributed by atoms with Crippen molar-refractivity contribution in [2.24, 2.45) is 0 Å². The van der Waals surface area contributed by atoms with Gasteiger partial charge < -0.3 is 15.4 Å². The fraction of sp³-hybridized carbons (Fsp3) is 0.0870. The minimum atomic E-state index is -0.487. The minimum Gasteiger partial charge on any atom is -0.494 e. The standard InChI is InChI=1S/C23H22N4O4/c1-2-31-20-14-10-17(11-15-20)22(29)27-26-21(28)16-8-12-19(13-9-16)25-23(30)24-18-6-4-3-5-7-18/h3-15H,2H2,1H3,(H,26,28)(H,27,29)(H2,24,25,30). The van der Waals surface area contributed by atoms with Gasteiger partial charge in [0.15, 0.2) is 0 Å². The number of amides is 4. The summed E-state index contributed by atoms with van der Waals surface area (Å²) >= 11 is 0. The van der Waals surface area contributed by atoms with Crippen molar-refractivity contribution in [3.8, 4) is 5.75 Å². The van der Waals surface area contributed by atoms with Gasteiger partial charge in [0.2, 0.25) is 0 Å². The van der Waals surface area contributed by atoms with Crippen LogP contribution in [0.2, 0.25) is 0 Å². The first kappa shape index (κ1) is 21.4. The van der Waals surface area contributed by atoms with Gasteiger partial charge in [-0.05, 0) is 67.6 Å². The zero-order valence-corrected chi connectivity index (χ0v) is 16.8. The second-order valence-electron chi connectivity index (χ2n) is 6.39. The first-order chi connectivity index (χ1) is 15.0. The Hall–Kier alpha value is -4.33. The van der Waals surface area contributed by atoms with E-state index in [-0.39, 0.29) is 0 Å². The number of hydrogen-bond acceptors (Lipinski definition) is 4. The summed E-state index contributed by atoms with van der Waals surface area (Å²) in [5.74, 6) is -0.277. The van der Waals surface area contributed by atoms with E-state index < -0.39 is 17.8 Å². The number of para-hydroxylation sites is 1. The maximum atomic E-state index is 12.2. The third kappa shape index (κ3) is 6.33. The predicted molar refractivity (Wildman–Crippen MR) is 118 cm³/mol. The number of hydrazine groups is 1. The van der Waals surface area contributed by atoms with E-state index in [9.17, 15) is 14.4 Å². The molecule has 0 aromatic heterocycles. The zero-order chi connectivity index (χ0) is 22.1. The van der Waals surface area contributed by atoms with E-state index in [2.05, 4.69) is 21.5 Å². The fourth-order valence-electron chi connectivity index (χ4n) is 2.65. The zero-order valence-electron chi connectivity index (χ0n) is 16.8. The molecule has 0 radical (unpaired) electrons. The number of carbonyl (C=O) groups excluding carboxylic acids is 3. The summed E-state index contributed by atoms with van der Waals surface area (Å²) in [5.41, 5.74) is 6.61. The molecule has 3 rings (SSSR count). The number of hydrogen-bond donors (Lipinski definition) is 4. The van der Waals surface area contributed by atoms with Gasteiger partial charge in [0.05, 0.1) is 6.61 Å². The van der Waals surface area contributed by atoms with Crippen molar-refractivity contribution in [2.45, 2.75) is 6.92 Å². The van der Waals surface area contributed by atoms with Crippen molar-refractivity contribution in [1.29, 1.82) is 0 Å². The van der Waals surface area contributed by atoms with E-state index in [0.717, 1.165) is 0 Å². The molecule has 3 aromatic rings. The van der Waals surface area contributed by atoms with Gasteiger partial charge in [0.25, 0.3) is 11.8 Å². The predicted octanol–water partition coefficient (Wildman–Crippen LogP) is 3.80.